The number of ether oxygens (including phenoxy) is 1. The number of nitrogens with zero attached hydrogens (tertiary/aromatic N) is 3. The molecule has 0 atom stereocenters. The second-order valence-electron chi connectivity index (χ2n) is 5.83. The summed E-state index contributed by atoms with van der Waals surface area (Å²) >= 11 is 0. The Labute approximate surface area is 151 Å². The lowest BCUT2D eigenvalue weighted by Crippen LogP contribution is -1.97. The van der Waals surface area contributed by atoms with E-state index in [1.54, 1.807) is 36.7 Å². The van der Waals surface area contributed by atoms with E-state index >= 15 is 0 Å². The lowest BCUT2D eigenvalue weighted by molar-refractivity contribution is 0.473. The number of hydrogen-bond donors (Lipinski definition) is 1. The Morgan fingerprint density at radius 2 is 1.85 bits per heavy atom. The zero-order valence-electron chi connectivity index (χ0n) is 14.3. The zero-order chi connectivity index (χ0) is 17.9. The van der Waals surface area contributed by atoms with Crippen LogP contribution in [-0.4, -0.2) is 20.1 Å². The van der Waals surface area contributed by atoms with Crippen LogP contribution in [0.2, 0.25) is 0 Å². The molecule has 0 unspecified atom stereocenters. The van der Waals surface area contributed by atoms with Gasteiger partial charge in [-0.1, -0.05) is 13.0 Å². The molecule has 0 aliphatic rings. The van der Waals surface area contributed by atoms with E-state index in [1.165, 1.54) is 0 Å². The monoisotopic (exact) mass is 343 g/mol. The van der Waals surface area contributed by atoms with Crippen molar-refractivity contribution in [3.8, 4) is 28.6 Å². The molecule has 3 heterocycles. The minimum atomic E-state index is 0.166. The van der Waals surface area contributed by atoms with Gasteiger partial charge in [-0.2, -0.15) is 0 Å². The summed E-state index contributed by atoms with van der Waals surface area (Å²) in [6.07, 6.45) is 4.24. The van der Waals surface area contributed by atoms with Gasteiger partial charge in [0.25, 0.3) is 0 Å². The van der Waals surface area contributed by atoms with Crippen molar-refractivity contribution in [3.63, 3.8) is 0 Å². The Kier molecular flexibility index (Phi) is 4.19. The van der Waals surface area contributed by atoms with E-state index in [0.29, 0.717) is 17.2 Å². The number of benzene rings is 1. The lowest BCUT2D eigenvalue weighted by atomic mass is 10.1. The summed E-state index contributed by atoms with van der Waals surface area (Å²) < 4.78 is 6.18. The van der Waals surface area contributed by atoms with Gasteiger partial charge in [-0.25, -0.2) is 4.98 Å². The van der Waals surface area contributed by atoms with Crippen LogP contribution in [0.1, 0.15) is 12.6 Å². The molecule has 128 valence electrons. The predicted octanol–water partition coefficient (Wildman–Crippen LogP) is 4.75. The smallest absolute Gasteiger partial charge is 0.155 e. The topological polar surface area (TPSA) is 68.1 Å². The third-order valence-electron chi connectivity index (χ3n) is 4.09. The van der Waals surface area contributed by atoms with Crippen molar-refractivity contribution in [1.29, 1.82) is 0 Å². The van der Waals surface area contributed by atoms with Crippen LogP contribution in [0, 0.1) is 0 Å². The maximum Gasteiger partial charge on any atom is 0.155 e. The van der Waals surface area contributed by atoms with Gasteiger partial charge in [0.2, 0.25) is 0 Å². The number of hydrogen-bond acceptors (Lipinski definition) is 5. The second-order valence-corrected chi connectivity index (χ2v) is 5.83. The van der Waals surface area contributed by atoms with E-state index in [0.717, 1.165) is 28.7 Å². The summed E-state index contributed by atoms with van der Waals surface area (Å²) in [6, 6.07) is 16.3. The molecule has 0 spiro atoms. The number of pyridine rings is 3. The highest BCUT2D eigenvalue weighted by molar-refractivity contribution is 5.86. The minimum absolute atomic E-state index is 0.166. The molecule has 4 aromatic rings. The van der Waals surface area contributed by atoms with Gasteiger partial charge in [-0.15, -0.1) is 0 Å². The molecule has 0 saturated heterocycles. The molecule has 3 aromatic heterocycles. The summed E-state index contributed by atoms with van der Waals surface area (Å²) in [7, 11) is 0. The number of aromatic nitrogens is 3. The van der Waals surface area contributed by atoms with Crippen LogP contribution in [-0.2, 0) is 6.42 Å². The minimum Gasteiger partial charge on any atom is -0.508 e. The van der Waals surface area contributed by atoms with Crippen LogP contribution >= 0.6 is 0 Å². The first-order valence-electron chi connectivity index (χ1n) is 8.41. The summed E-state index contributed by atoms with van der Waals surface area (Å²) in [4.78, 5) is 13.4. The van der Waals surface area contributed by atoms with Crippen molar-refractivity contribution < 1.29 is 9.84 Å². The normalized spacial score (nSPS) is 10.8. The van der Waals surface area contributed by atoms with Crippen LogP contribution in [0.4, 0.5) is 0 Å². The third kappa shape index (κ3) is 3.07. The van der Waals surface area contributed by atoms with Gasteiger partial charge in [-0.3, -0.25) is 9.97 Å². The van der Waals surface area contributed by atoms with E-state index in [2.05, 4.69) is 16.9 Å². The molecular weight excluding hydrogens is 326 g/mol. The van der Waals surface area contributed by atoms with E-state index < -0.39 is 0 Å². The van der Waals surface area contributed by atoms with Crippen molar-refractivity contribution in [1.82, 2.24) is 15.0 Å². The fourth-order valence-electron chi connectivity index (χ4n) is 2.77. The number of phenolic OH excluding ortho intramolecular Hbond substituents is 1. The number of fused-ring (bicyclic) bond motifs is 1. The Morgan fingerprint density at radius 3 is 2.65 bits per heavy atom. The molecule has 0 saturated carbocycles. The predicted molar refractivity (Wildman–Crippen MR) is 100 cm³/mol. The van der Waals surface area contributed by atoms with Gasteiger partial charge in [0.1, 0.15) is 17.2 Å². The third-order valence-corrected chi connectivity index (χ3v) is 4.09. The highest BCUT2D eigenvalue weighted by Gasteiger charge is 2.13. The van der Waals surface area contributed by atoms with Gasteiger partial charge in [0.15, 0.2) is 5.75 Å². The van der Waals surface area contributed by atoms with Crippen molar-refractivity contribution in [2.24, 2.45) is 0 Å². The van der Waals surface area contributed by atoms with Crippen molar-refractivity contribution in [3.05, 3.63) is 72.7 Å². The summed E-state index contributed by atoms with van der Waals surface area (Å²) in [5.41, 5.74) is 3.15. The molecule has 5 heteroatoms. The Morgan fingerprint density at radius 1 is 0.923 bits per heavy atom. The van der Waals surface area contributed by atoms with Crippen molar-refractivity contribution in [2.75, 3.05) is 0 Å². The standard InChI is InChI=1S/C21H17N3O2/c1-2-14-6-9-20(21(24-14)18-5-3-4-11-22-18)26-19-10-12-23-17-8-7-15(25)13-16(17)19/h3-13,25H,2H2,1H3. The molecule has 0 radical (unpaired) electrons. The number of rotatable bonds is 4. The average Bonchev–Trinajstić information content (AvgIpc) is 2.69. The molecule has 0 amide bonds. The van der Waals surface area contributed by atoms with Gasteiger partial charge in [0.05, 0.1) is 11.2 Å². The fraction of sp³-hybridized carbons (Fsp3) is 0.0952. The molecular formula is C21H17N3O2. The molecule has 0 aliphatic carbocycles. The Bertz CT molecular complexity index is 1070. The SMILES string of the molecule is CCc1ccc(Oc2ccnc3ccc(O)cc23)c(-c2ccccn2)n1. The van der Waals surface area contributed by atoms with Gasteiger partial charge >= 0.3 is 0 Å². The average molecular weight is 343 g/mol. The van der Waals surface area contributed by atoms with Crippen LogP contribution in [0.25, 0.3) is 22.3 Å². The fourth-order valence-corrected chi connectivity index (χ4v) is 2.77. The first-order valence-corrected chi connectivity index (χ1v) is 8.41. The van der Waals surface area contributed by atoms with Gasteiger partial charge < -0.3 is 9.84 Å². The summed E-state index contributed by atoms with van der Waals surface area (Å²) in [5.74, 6) is 1.38. The number of aromatic hydroxyl groups is 1. The van der Waals surface area contributed by atoms with E-state index in [1.807, 2.05) is 30.3 Å². The number of phenols is 1. The highest BCUT2D eigenvalue weighted by Crippen LogP contribution is 2.35. The van der Waals surface area contributed by atoms with Gasteiger partial charge in [0, 0.05) is 23.5 Å². The quantitative estimate of drug-likeness (QED) is 0.579. The molecule has 0 fully saturated rings. The Balaban J connectivity index is 1.83. The molecule has 1 aromatic carbocycles. The van der Waals surface area contributed by atoms with E-state index in [4.69, 9.17) is 9.72 Å². The largest absolute Gasteiger partial charge is 0.508 e. The van der Waals surface area contributed by atoms with Gasteiger partial charge in [-0.05, 0) is 55.0 Å². The van der Waals surface area contributed by atoms with E-state index in [9.17, 15) is 5.11 Å². The number of aryl methyl sites for hydroxylation is 1. The Hall–Kier alpha value is -3.47. The molecule has 26 heavy (non-hydrogen) atoms. The summed E-state index contributed by atoms with van der Waals surface area (Å²) in [5, 5.41) is 10.6. The van der Waals surface area contributed by atoms with Crippen molar-refractivity contribution >= 4 is 10.9 Å². The van der Waals surface area contributed by atoms with Crippen LogP contribution in [0.3, 0.4) is 0 Å². The van der Waals surface area contributed by atoms with E-state index in [-0.39, 0.29) is 5.75 Å². The molecule has 0 aliphatic heterocycles. The van der Waals surface area contributed by atoms with Crippen LogP contribution in [0.5, 0.6) is 17.2 Å². The zero-order valence-corrected chi connectivity index (χ0v) is 14.3. The summed E-state index contributed by atoms with van der Waals surface area (Å²) in [6.45, 7) is 2.06. The lowest BCUT2D eigenvalue weighted by Gasteiger charge is -2.13. The molecule has 0 bridgehead atoms. The maximum absolute atomic E-state index is 9.82. The van der Waals surface area contributed by atoms with Crippen LogP contribution in [0.15, 0.2) is 67.0 Å². The molecule has 5 nitrogen and oxygen atoms in total. The molecule has 4 rings (SSSR count). The first-order chi connectivity index (χ1) is 12.7. The first kappa shape index (κ1) is 16.0. The molecule has 1 N–H and O–H groups in total. The highest BCUT2D eigenvalue weighted by atomic mass is 16.5. The second kappa shape index (κ2) is 6.80. The van der Waals surface area contributed by atoms with Crippen molar-refractivity contribution in [2.45, 2.75) is 13.3 Å². The maximum atomic E-state index is 9.82. The van der Waals surface area contributed by atoms with Crippen LogP contribution < -0.4 is 4.74 Å².